The number of nitrogens with one attached hydrogen (secondary N) is 2. The van der Waals surface area contributed by atoms with Crippen molar-refractivity contribution in [3.63, 3.8) is 0 Å². The van der Waals surface area contributed by atoms with E-state index < -0.39 is 0 Å². The highest BCUT2D eigenvalue weighted by Crippen LogP contribution is 2.41. The Bertz CT molecular complexity index is 727. The van der Waals surface area contributed by atoms with Crippen molar-refractivity contribution < 1.29 is 4.79 Å². The van der Waals surface area contributed by atoms with Gasteiger partial charge in [-0.2, -0.15) is 5.10 Å². The molecule has 2 amide bonds. The molecule has 0 bridgehead atoms. The van der Waals surface area contributed by atoms with Gasteiger partial charge in [0, 0.05) is 35.8 Å². The largest absolute Gasteiger partial charge is 0.335 e. The lowest BCUT2D eigenvalue weighted by atomic mass is 10.1. The summed E-state index contributed by atoms with van der Waals surface area (Å²) in [7, 11) is 1.88. The number of aromatic nitrogens is 2. The highest BCUT2D eigenvalue weighted by molar-refractivity contribution is 6.30. The fourth-order valence-corrected chi connectivity index (χ4v) is 3.19. The van der Waals surface area contributed by atoms with Crippen molar-refractivity contribution >= 4 is 17.6 Å². The number of hydrogen-bond acceptors (Lipinski definition) is 2. The van der Waals surface area contributed by atoms with Crippen LogP contribution in [-0.4, -0.2) is 21.9 Å². The lowest BCUT2D eigenvalue weighted by Gasteiger charge is -2.14. The molecule has 0 radical (unpaired) electrons. The molecular weight excluding hydrogens is 312 g/mol. The molecule has 5 nitrogen and oxygen atoms in total. The Morgan fingerprint density at radius 2 is 2.26 bits per heavy atom. The zero-order chi connectivity index (χ0) is 16.6. The number of aryl methyl sites for hydroxylation is 2. The normalized spacial score (nSPS) is 20.9. The van der Waals surface area contributed by atoms with Gasteiger partial charge in [0.05, 0.1) is 11.7 Å². The van der Waals surface area contributed by atoms with Crippen molar-refractivity contribution in [3.8, 4) is 0 Å². The number of carbonyl (C=O) groups excluding carboxylic acids is 1. The third-order valence-corrected chi connectivity index (χ3v) is 4.48. The van der Waals surface area contributed by atoms with Gasteiger partial charge in [-0.15, -0.1) is 0 Å². The molecule has 122 valence electrons. The second kappa shape index (κ2) is 6.24. The number of halogens is 1. The van der Waals surface area contributed by atoms with E-state index in [1.54, 1.807) is 4.68 Å². The van der Waals surface area contributed by atoms with Crippen molar-refractivity contribution in [2.45, 2.75) is 38.3 Å². The van der Waals surface area contributed by atoms with Crippen LogP contribution in [0.2, 0.25) is 5.02 Å². The van der Waals surface area contributed by atoms with Crippen LogP contribution in [0.15, 0.2) is 30.5 Å². The Balaban J connectivity index is 1.54. The number of benzene rings is 1. The standard InChI is InChI=1S/C17H21ClN4O/c1-10(15-9-22(3)21-11(15)2)19-17(23)20-16-8-14(16)12-5-4-6-13(18)7-12/h4-7,9-10,14,16H,8H2,1-3H3,(H2,19,20,23). The zero-order valence-electron chi connectivity index (χ0n) is 13.5. The minimum absolute atomic E-state index is 0.0768. The SMILES string of the molecule is Cc1nn(C)cc1C(C)NC(=O)NC1CC1c1cccc(Cl)c1. The maximum absolute atomic E-state index is 12.2. The molecule has 3 unspecified atom stereocenters. The number of urea groups is 1. The number of rotatable bonds is 4. The Labute approximate surface area is 141 Å². The third-order valence-electron chi connectivity index (χ3n) is 4.25. The van der Waals surface area contributed by atoms with E-state index in [9.17, 15) is 4.79 Å². The van der Waals surface area contributed by atoms with Crippen LogP contribution in [0, 0.1) is 6.92 Å². The summed E-state index contributed by atoms with van der Waals surface area (Å²) in [5.41, 5.74) is 3.15. The van der Waals surface area contributed by atoms with E-state index in [4.69, 9.17) is 11.6 Å². The molecule has 1 aromatic heterocycles. The van der Waals surface area contributed by atoms with Gasteiger partial charge in [-0.1, -0.05) is 23.7 Å². The van der Waals surface area contributed by atoms with Gasteiger partial charge in [0.1, 0.15) is 0 Å². The molecule has 3 atom stereocenters. The fraction of sp³-hybridized carbons (Fsp3) is 0.412. The van der Waals surface area contributed by atoms with Gasteiger partial charge in [0.15, 0.2) is 0 Å². The molecule has 2 N–H and O–H groups in total. The summed E-state index contributed by atoms with van der Waals surface area (Å²) >= 11 is 6.02. The molecule has 1 saturated carbocycles. The van der Waals surface area contributed by atoms with E-state index in [0.29, 0.717) is 5.92 Å². The highest BCUT2D eigenvalue weighted by Gasteiger charge is 2.39. The summed E-state index contributed by atoms with van der Waals surface area (Å²) in [5.74, 6) is 0.356. The summed E-state index contributed by atoms with van der Waals surface area (Å²) in [6.07, 6.45) is 2.89. The van der Waals surface area contributed by atoms with Crippen molar-refractivity contribution in [3.05, 3.63) is 52.3 Å². The van der Waals surface area contributed by atoms with Crippen molar-refractivity contribution in [2.75, 3.05) is 0 Å². The molecule has 3 rings (SSSR count). The van der Waals surface area contributed by atoms with E-state index in [1.807, 2.05) is 45.3 Å². The average molecular weight is 333 g/mol. The molecule has 2 aromatic rings. The van der Waals surface area contributed by atoms with Gasteiger partial charge in [-0.3, -0.25) is 4.68 Å². The Kier molecular flexibility index (Phi) is 4.31. The van der Waals surface area contributed by atoms with Crippen LogP contribution in [-0.2, 0) is 7.05 Å². The fourth-order valence-electron chi connectivity index (χ4n) is 2.99. The van der Waals surface area contributed by atoms with E-state index in [1.165, 1.54) is 5.56 Å². The second-order valence-electron chi connectivity index (χ2n) is 6.19. The first-order chi connectivity index (χ1) is 10.9. The summed E-state index contributed by atoms with van der Waals surface area (Å²) in [6, 6.07) is 7.78. The van der Waals surface area contributed by atoms with Crippen LogP contribution in [0.5, 0.6) is 0 Å². The molecule has 0 spiro atoms. The smallest absolute Gasteiger partial charge is 0.315 e. The van der Waals surface area contributed by atoms with Crippen LogP contribution in [0.3, 0.4) is 0 Å². The monoisotopic (exact) mass is 332 g/mol. The predicted molar refractivity (Wildman–Crippen MR) is 90.6 cm³/mol. The first kappa shape index (κ1) is 15.9. The molecule has 0 aliphatic heterocycles. The van der Waals surface area contributed by atoms with Gasteiger partial charge < -0.3 is 10.6 Å². The first-order valence-electron chi connectivity index (χ1n) is 7.76. The summed E-state index contributed by atoms with van der Waals surface area (Å²) in [6.45, 7) is 3.91. The molecule has 23 heavy (non-hydrogen) atoms. The number of carbonyl (C=O) groups is 1. The topological polar surface area (TPSA) is 59.0 Å². The minimum atomic E-state index is -0.143. The van der Waals surface area contributed by atoms with E-state index in [-0.39, 0.29) is 18.1 Å². The third kappa shape index (κ3) is 3.67. The van der Waals surface area contributed by atoms with Crippen LogP contribution < -0.4 is 10.6 Å². The number of amides is 2. The summed E-state index contributed by atoms with van der Waals surface area (Å²) < 4.78 is 1.76. The molecule has 6 heteroatoms. The molecular formula is C17H21ClN4O. The maximum atomic E-state index is 12.2. The van der Waals surface area contributed by atoms with E-state index in [2.05, 4.69) is 21.8 Å². The van der Waals surface area contributed by atoms with E-state index in [0.717, 1.165) is 22.7 Å². The Morgan fingerprint density at radius 1 is 1.48 bits per heavy atom. The number of nitrogens with zero attached hydrogens (tertiary/aromatic N) is 2. The van der Waals surface area contributed by atoms with Crippen molar-refractivity contribution in [1.82, 2.24) is 20.4 Å². The average Bonchev–Trinajstić information content (AvgIpc) is 3.14. The van der Waals surface area contributed by atoms with Crippen LogP contribution >= 0.6 is 11.6 Å². The van der Waals surface area contributed by atoms with Crippen LogP contribution in [0.1, 0.15) is 42.1 Å². The highest BCUT2D eigenvalue weighted by atomic mass is 35.5. The Hall–Kier alpha value is -2.01. The second-order valence-corrected chi connectivity index (χ2v) is 6.62. The quantitative estimate of drug-likeness (QED) is 0.902. The summed E-state index contributed by atoms with van der Waals surface area (Å²) in [5, 5.41) is 11.0. The van der Waals surface area contributed by atoms with Crippen LogP contribution in [0.4, 0.5) is 4.79 Å². The first-order valence-corrected chi connectivity index (χ1v) is 8.14. The van der Waals surface area contributed by atoms with Gasteiger partial charge in [-0.05, 0) is 38.0 Å². The Morgan fingerprint density at radius 3 is 2.91 bits per heavy atom. The lowest BCUT2D eigenvalue weighted by molar-refractivity contribution is 0.237. The van der Waals surface area contributed by atoms with Gasteiger partial charge in [0.25, 0.3) is 0 Å². The van der Waals surface area contributed by atoms with E-state index >= 15 is 0 Å². The molecule has 1 aliphatic carbocycles. The van der Waals surface area contributed by atoms with Crippen LogP contribution in [0.25, 0.3) is 0 Å². The minimum Gasteiger partial charge on any atom is -0.335 e. The van der Waals surface area contributed by atoms with Gasteiger partial charge in [-0.25, -0.2) is 4.79 Å². The predicted octanol–water partition coefficient (Wildman–Crippen LogP) is 3.30. The molecule has 1 aliphatic rings. The lowest BCUT2D eigenvalue weighted by Crippen LogP contribution is -2.38. The molecule has 1 fully saturated rings. The van der Waals surface area contributed by atoms with Gasteiger partial charge in [0.2, 0.25) is 0 Å². The van der Waals surface area contributed by atoms with Gasteiger partial charge >= 0.3 is 6.03 Å². The zero-order valence-corrected chi connectivity index (χ0v) is 14.3. The molecule has 0 saturated heterocycles. The number of hydrogen-bond donors (Lipinski definition) is 2. The maximum Gasteiger partial charge on any atom is 0.315 e. The molecule has 1 heterocycles. The van der Waals surface area contributed by atoms with Crippen molar-refractivity contribution in [1.29, 1.82) is 0 Å². The van der Waals surface area contributed by atoms with Crippen molar-refractivity contribution in [2.24, 2.45) is 7.05 Å². The summed E-state index contributed by atoms with van der Waals surface area (Å²) in [4.78, 5) is 12.2. The molecule has 1 aromatic carbocycles.